The van der Waals surface area contributed by atoms with Crippen LogP contribution in [0, 0.1) is 0 Å². The normalized spacial score (nSPS) is 16.5. The molecule has 1 aliphatic heterocycles. The minimum atomic E-state index is -0.801. The second-order valence-electron chi connectivity index (χ2n) is 4.03. The number of rotatable bonds is 1. The average Bonchev–Trinajstić information content (AvgIpc) is 2.72. The number of nitrogens with zero attached hydrogens (tertiary/aromatic N) is 1. The summed E-state index contributed by atoms with van der Waals surface area (Å²) in [5.41, 5.74) is -0.274. The summed E-state index contributed by atoms with van der Waals surface area (Å²) in [5, 5.41) is 10.2. The van der Waals surface area contributed by atoms with Gasteiger partial charge in [0.05, 0.1) is 16.3 Å². The Bertz CT molecular complexity index is 741. The third kappa shape index (κ3) is 1.41. The molecule has 0 fully saturated rings. The highest BCUT2D eigenvalue weighted by atomic mass is 32.2. The largest absolute Gasteiger partial charge is 0.504 e. The minimum Gasteiger partial charge on any atom is -0.504 e. The maximum absolute atomic E-state index is 11.3. The number of hydrogen-bond donors (Lipinski definition) is 1. The van der Waals surface area contributed by atoms with Crippen LogP contribution in [0.15, 0.2) is 43.8 Å². The Morgan fingerprint density at radius 1 is 1.22 bits per heavy atom. The van der Waals surface area contributed by atoms with E-state index in [1.54, 1.807) is 6.08 Å². The van der Waals surface area contributed by atoms with Crippen LogP contribution in [-0.4, -0.2) is 12.2 Å². The fourth-order valence-electron chi connectivity index (χ4n) is 1.90. The molecular weight excluding hydrogens is 250 g/mol. The molecule has 2 aromatic carbocycles. The van der Waals surface area contributed by atoms with Crippen LogP contribution < -0.4 is 15.8 Å². The van der Waals surface area contributed by atoms with E-state index in [9.17, 15) is 14.7 Å². The van der Waals surface area contributed by atoms with Gasteiger partial charge in [-0.1, -0.05) is 23.9 Å². The first kappa shape index (κ1) is 11.1. The van der Waals surface area contributed by atoms with Gasteiger partial charge >= 0.3 is 0 Å². The van der Waals surface area contributed by atoms with Crippen molar-refractivity contribution in [3.8, 4) is 5.75 Å². The number of benzene rings is 1. The molecule has 5 heteroatoms. The van der Waals surface area contributed by atoms with E-state index < -0.39 is 16.6 Å². The topological polar surface area (TPSA) is 57.6 Å². The lowest BCUT2D eigenvalue weighted by atomic mass is 10.1. The average molecular weight is 259 g/mol. The van der Waals surface area contributed by atoms with E-state index in [1.165, 1.54) is 11.8 Å². The fourth-order valence-corrected chi connectivity index (χ4v) is 2.99. The molecule has 0 bridgehead atoms. The van der Waals surface area contributed by atoms with E-state index in [1.807, 2.05) is 36.2 Å². The van der Waals surface area contributed by atoms with Crippen molar-refractivity contribution in [2.24, 2.45) is 0 Å². The van der Waals surface area contributed by atoms with Crippen LogP contribution in [0.25, 0.3) is 6.08 Å². The van der Waals surface area contributed by atoms with Gasteiger partial charge < -0.3 is 10.0 Å². The van der Waals surface area contributed by atoms with E-state index in [0.29, 0.717) is 0 Å². The Morgan fingerprint density at radius 3 is 2.61 bits per heavy atom. The molecule has 0 spiro atoms. The van der Waals surface area contributed by atoms with Crippen molar-refractivity contribution >= 4 is 23.5 Å². The standard InChI is InChI=1S/C13H9NO3S/c1-14-8-4-2-3-5-9(8)18-10(14)6-7-11(15)13(17)12(7)16/h2-6,15H,1H3/b10-6-. The zero-order valence-corrected chi connectivity index (χ0v) is 10.3. The van der Waals surface area contributed by atoms with Gasteiger partial charge in [0, 0.05) is 11.9 Å². The quantitative estimate of drug-likeness (QED) is 0.787. The Morgan fingerprint density at radius 2 is 1.94 bits per heavy atom. The molecule has 0 aromatic heterocycles. The second-order valence-corrected chi connectivity index (χ2v) is 5.09. The van der Waals surface area contributed by atoms with E-state index in [-0.39, 0.29) is 5.56 Å². The number of thioether (sulfide) groups is 1. The van der Waals surface area contributed by atoms with Crippen LogP contribution in [0.2, 0.25) is 0 Å². The van der Waals surface area contributed by atoms with Crippen LogP contribution in [0.5, 0.6) is 5.75 Å². The molecule has 1 aliphatic rings. The number of aromatic hydroxyl groups is 1. The van der Waals surface area contributed by atoms with Gasteiger partial charge in [0.25, 0.3) is 5.43 Å². The molecule has 18 heavy (non-hydrogen) atoms. The van der Waals surface area contributed by atoms with Crippen LogP contribution in [0.3, 0.4) is 0 Å². The van der Waals surface area contributed by atoms with E-state index in [2.05, 4.69) is 0 Å². The summed E-state index contributed by atoms with van der Waals surface area (Å²) in [6, 6.07) is 7.84. The Hall–Kier alpha value is -2.01. The summed E-state index contributed by atoms with van der Waals surface area (Å²) in [6.07, 6.45) is 1.56. The lowest BCUT2D eigenvalue weighted by Gasteiger charge is -2.13. The highest BCUT2D eigenvalue weighted by Crippen LogP contribution is 2.45. The smallest absolute Gasteiger partial charge is 0.268 e. The monoisotopic (exact) mass is 259 g/mol. The molecule has 0 saturated carbocycles. The molecule has 4 nitrogen and oxygen atoms in total. The van der Waals surface area contributed by atoms with Crippen molar-refractivity contribution in [1.82, 2.24) is 0 Å². The number of fused-ring (bicyclic) bond motifs is 1. The van der Waals surface area contributed by atoms with Crippen molar-refractivity contribution in [3.63, 3.8) is 0 Å². The SMILES string of the molecule is CN1/C(=C/c2c(O)c(=O)c2=O)Sc2ccccc21. The summed E-state index contributed by atoms with van der Waals surface area (Å²) in [5.74, 6) is -0.433. The molecular formula is C13H9NO3S. The number of hydrogen-bond acceptors (Lipinski definition) is 5. The molecule has 0 unspecified atom stereocenters. The maximum atomic E-state index is 11.3. The first-order valence-corrected chi connectivity index (χ1v) is 6.16. The van der Waals surface area contributed by atoms with Crippen LogP contribution in [0.1, 0.15) is 5.56 Å². The molecule has 0 atom stereocenters. The first-order valence-electron chi connectivity index (χ1n) is 5.34. The van der Waals surface area contributed by atoms with Crippen molar-refractivity contribution in [2.75, 3.05) is 11.9 Å². The van der Waals surface area contributed by atoms with Gasteiger partial charge in [-0.05, 0) is 18.2 Å². The van der Waals surface area contributed by atoms with Gasteiger partial charge in [0.1, 0.15) is 0 Å². The van der Waals surface area contributed by atoms with E-state index in [4.69, 9.17) is 0 Å². The lowest BCUT2D eigenvalue weighted by molar-refractivity contribution is 0.461. The van der Waals surface area contributed by atoms with Crippen LogP contribution in [0.4, 0.5) is 5.69 Å². The van der Waals surface area contributed by atoms with E-state index in [0.717, 1.165) is 15.6 Å². The van der Waals surface area contributed by atoms with Gasteiger partial charge in [0.15, 0.2) is 5.75 Å². The maximum Gasteiger partial charge on any atom is 0.268 e. The van der Waals surface area contributed by atoms with Crippen molar-refractivity contribution in [3.05, 3.63) is 55.3 Å². The van der Waals surface area contributed by atoms with E-state index >= 15 is 0 Å². The molecule has 0 radical (unpaired) electrons. The van der Waals surface area contributed by atoms with Crippen LogP contribution >= 0.6 is 11.8 Å². The van der Waals surface area contributed by atoms with Crippen molar-refractivity contribution in [1.29, 1.82) is 0 Å². The molecule has 1 heterocycles. The Kier molecular flexibility index (Phi) is 2.31. The third-order valence-electron chi connectivity index (χ3n) is 2.96. The summed E-state index contributed by atoms with van der Waals surface area (Å²) in [6.45, 7) is 0. The minimum absolute atomic E-state index is 0.0992. The predicted octanol–water partition coefficient (Wildman–Crippen LogP) is 1.53. The van der Waals surface area contributed by atoms with Gasteiger partial charge in [-0.25, -0.2) is 0 Å². The van der Waals surface area contributed by atoms with Crippen molar-refractivity contribution < 1.29 is 5.11 Å². The lowest BCUT2D eigenvalue weighted by Crippen LogP contribution is -2.32. The molecule has 90 valence electrons. The fraction of sp³-hybridized carbons (Fsp3) is 0.0769. The molecule has 2 aromatic rings. The summed E-state index contributed by atoms with van der Waals surface area (Å²) in [7, 11) is 1.88. The molecule has 1 N–H and O–H groups in total. The second kappa shape index (κ2) is 3.74. The predicted molar refractivity (Wildman–Crippen MR) is 71.7 cm³/mol. The van der Waals surface area contributed by atoms with Gasteiger partial charge in [0.2, 0.25) is 5.43 Å². The molecule has 3 rings (SSSR count). The molecule has 0 amide bonds. The summed E-state index contributed by atoms with van der Waals surface area (Å²) >= 11 is 1.51. The zero-order valence-electron chi connectivity index (χ0n) is 9.51. The van der Waals surface area contributed by atoms with Gasteiger partial charge in [-0.15, -0.1) is 0 Å². The van der Waals surface area contributed by atoms with Gasteiger partial charge in [-0.3, -0.25) is 9.59 Å². The number of anilines is 1. The molecule has 0 aliphatic carbocycles. The third-order valence-corrected chi connectivity index (χ3v) is 4.13. The highest BCUT2D eigenvalue weighted by Gasteiger charge is 2.24. The Labute approximate surface area is 107 Å². The Balaban J connectivity index is 2.03. The zero-order chi connectivity index (χ0) is 12.9. The van der Waals surface area contributed by atoms with Crippen molar-refractivity contribution in [2.45, 2.75) is 4.90 Å². The summed E-state index contributed by atoms with van der Waals surface area (Å²) < 4.78 is 0. The molecule has 0 saturated heterocycles. The number of para-hydroxylation sites is 1. The summed E-state index contributed by atoms with van der Waals surface area (Å²) in [4.78, 5) is 25.3. The van der Waals surface area contributed by atoms with Gasteiger partial charge in [-0.2, -0.15) is 0 Å². The highest BCUT2D eigenvalue weighted by molar-refractivity contribution is 8.03. The van der Waals surface area contributed by atoms with Crippen LogP contribution in [-0.2, 0) is 0 Å². The first-order chi connectivity index (χ1) is 8.59.